The van der Waals surface area contributed by atoms with Crippen LogP contribution in [0, 0.1) is 11.8 Å². The number of carbonyl (C=O) groups is 1. The number of carbonyl (C=O) groups excluding carboxylic acids is 1. The van der Waals surface area contributed by atoms with E-state index in [9.17, 15) is 4.79 Å². The maximum absolute atomic E-state index is 12.5. The van der Waals surface area contributed by atoms with Crippen LogP contribution in [0.3, 0.4) is 0 Å². The molecule has 110 valence electrons. The Balaban J connectivity index is 2.10. The predicted molar refractivity (Wildman–Crippen MR) is 83.2 cm³/mol. The highest BCUT2D eigenvalue weighted by Gasteiger charge is 2.32. The number of halogens is 2. The van der Waals surface area contributed by atoms with Crippen LogP contribution >= 0.6 is 23.2 Å². The third-order valence-corrected chi connectivity index (χ3v) is 4.81. The van der Waals surface area contributed by atoms with E-state index in [2.05, 4.69) is 5.32 Å². The van der Waals surface area contributed by atoms with Crippen molar-refractivity contribution in [1.82, 2.24) is 10.2 Å². The van der Waals surface area contributed by atoms with Crippen molar-refractivity contribution in [3.05, 3.63) is 33.8 Å². The second-order valence-corrected chi connectivity index (χ2v) is 6.34. The monoisotopic (exact) mass is 314 g/mol. The first-order chi connectivity index (χ1) is 9.41. The maximum Gasteiger partial charge on any atom is 0.226 e. The summed E-state index contributed by atoms with van der Waals surface area (Å²) in [6.07, 6.45) is 0. The molecule has 0 bridgehead atoms. The average molecular weight is 315 g/mol. The van der Waals surface area contributed by atoms with Crippen molar-refractivity contribution in [1.29, 1.82) is 0 Å². The van der Waals surface area contributed by atoms with E-state index in [1.54, 1.807) is 17.0 Å². The number of nitrogens with one attached hydrogen (secondary N) is 1. The van der Waals surface area contributed by atoms with Gasteiger partial charge >= 0.3 is 0 Å². The van der Waals surface area contributed by atoms with Crippen molar-refractivity contribution in [2.45, 2.75) is 19.9 Å². The second kappa shape index (κ2) is 6.33. The lowest BCUT2D eigenvalue weighted by molar-refractivity contribution is -0.138. The topological polar surface area (TPSA) is 32.3 Å². The molecule has 2 rings (SSSR count). The van der Waals surface area contributed by atoms with Crippen LogP contribution in [0.4, 0.5) is 0 Å². The largest absolute Gasteiger partial charge is 0.339 e. The van der Waals surface area contributed by atoms with Gasteiger partial charge in [0, 0.05) is 23.0 Å². The molecule has 2 unspecified atom stereocenters. The molecule has 0 radical (unpaired) electrons. The Labute approximate surface area is 130 Å². The van der Waals surface area contributed by atoms with Gasteiger partial charge in [-0.15, -0.1) is 0 Å². The predicted octanol–water partition coefficient (Wildman–Crippen LogP) is 3.37. The van der Waals surface area contributed by atoms with Crippen molar-refractivity contribution in [3.63, 3.8) is 0 Å². The van der Waals surface area contributed by atoms with Crippen LogP contribution in [0.5, 0.6) is 0 Å². The summed E-state index contributed by atoms with van der Waals surface area (Å²) in [5.41, 5.74) is 0.922. The zero-order valence-corrected chi connectivity index (χ0v) is 13.5. The highest BCUT2D eigenvalue weighted by atomic mass is 35.5. The molecule has 0 aliphatic carbocycles. The standard InChI is InChI=1S/C15H20Cl2N2O/c1-9(11-7-18-8-11)15(20)19(3)10(2)13-5-4-12(16)6-14(13)17/h4-6,9-11,18H,7-8H2,1-3H3. The van der Waals surface area contributed by atoms with Crippen LogP contribution < -0.4 is 5.32 Å². The molecule has 1 fully saturated rings. The van der Waals surface area contributed by atoms with E-state index >= 15 is 0 Å². The van der Waals surface area contributed by atoms with Gasteiger partial charge in [0.05, 0.1) is 6.04 Å². The summed E-state index contributed by atoms with van der Waals surface area (Å²) in [6, 6.07) is 5.33. The number of nitrogens with zero attached hydrogens (tertiary/aromatic N) is 1. The van der Waals surface area contributed by atoms with Crippen molar-refractivity contribution in [2.24, 2.45) is 11.8 Å². The molecule has 0 aromatic heterocycles. The first-order valence-electron chi connectivity index (χ1n) is 6.84. The number of amides is 1. The van der Waals surface area contributed by atoms with Gasteiger partial charge in [-0.3, -0.25) is 4.79 Å². The van der Waals surface area contributed by atoms with Crippen LogP contribution in [0.15, 0.2) is 18.2 Å². The fourth-order valence-electron chi connectivity index (χ4n) is 2.43. The molecular weight excluding hydrogens is 295 g/mol. The number of benzene rings is 1. The van der Waals surface area contributed by atoms with Crippen molar-refractivity contribution < 1.29 is 4.79 Å². The molecule has 0 saturated carbocycles. The van der Waals surface area contributed by atoms with Crippen LogP contribution in [-0.4, -0.2) is 30.9 Å². The third kappa shape index (κ3) is 3.11. The maximum atomic E-state index is 12.5. The SMILES string of the molecule is CC(C(=O)N(C)C(C)c1ccc(Cl)cc1Cl)C1CNC1. The third-order valence-electron chi connectivity index (χ3n) is 4.25. The molecule has 1 aliphatic rings. The smallest absolute Gasteiger partial charge is 0.226 e. The summed E-state index contributed by atoms with van der Waals surface area (Å²) in [5.74, 6) is 0.641. The van der Waals surface area contributed by atoms with Gasteiger partial charge in [0.2, 0.25) is 5.91 Å². The Morgan fingerprint density at radius 1 is 1.35 bits per heavy atom. The molecule has 1 saturated heterocycles. The van der Waals surface area contributed by atoms with E-state index in [0.717, 1.165) is 18.7 Å². The van der Waals surface area contributed by atoms with E-state index in [1.165, 1.54) is 0 Å². The first kappa shape index (κ1) is 15.6. The van der Waals surface area contributed by atoms with Gasteiger partial charge in [-0.2, -0.15) is 0 Å². The van der Waals surface area contributed by atoms with E-state index in [-0.39, 0.29) is 17.9 Å². The summed E-state index contributed by atoms with van der Waals surface area (Å²) in [6.45, 7) is 5.84. The zero-order valence-electron chi connectivity index (χ0n) is 12.0. The van der Waals surface area contributed by atoms with Gasteiger partial charge in [0.15, 0.2) is 0 Å². The summed E-state index contributed by atoms with van der Waals surface area (Å²) in [7, 11) is 1.83. The van der Waals surface area contributed by atoms with Gasteiger partial charge in [-0.05, 0) is 43.6 Å². The summed E-state index contributed by atoms with van der Waals surface area (Å²) in [5, 5.41) is 4.41. The molecule has 1 heterocycles. The molecule has 1 aromatic carbocycles. The fraction of sp³-hybridized carbons (Fsp3) is 0.533. The highest BCUT2D eigenvalue weighted by Crippen LogP contribution is 2.30. The van der Waals surface area contributed by atoms with Crippen LogP contribution in [0.2, 0.25) is 10.0 Å². The van der Waals surface area contributed by atoms with Gasteiger partial charge in [-0.1, -0.05) is 36.2 Å². The van der Waals surface area contributed by atoms with Crippen molar-refractivity contribution in [2.75, 3.05) is 20.1 Å². The molecule has 20 heavy (non-hydrogen) atoms. The Morgan fingerprint density at radius 2 is 2.00 bits per heavy atom. The van der Waals surface area contributed by atoms with Crippen LogP contribution in [0.25, 0.3) is 0 Å². The normalized spacial score (nSPS) is 18.2. The molecule has 1 N–H and O–H groups in total. The van der Waals surface area contributed by atoms with Gasteiger partial charge in [-0.25, -0.2) is 0 Å². The molecule has 1 aliphatic heterocycles. The highest BCUT2D eigenvalue weighted by molar-refractivity contribution is 6.35. The Hall–Kier alpha value is -0.770. The minimum atomic E-state index is -0.0669. The lowest BCUT2D eigenvalue weighted by Crippen LogP contribution is -2.50. The summed E-state index contributed by atoms with van der Waals surface area (Å²) < 4.78 is 0. The zero-order chi connectivity index (χ0) is 14.9. The minimum Gasteiger partial charge on any atom is -0.339 e. The molecule has 0 spiro atoms. The molecule has 1 aromatic rings. The fourth-order valence-corrected chi connectivity index (χ4v) is 2.99. The molecule has 3 nitrogen and oxygen atoms in total. The van der Waals surface area contributed by atoms with E-state index in [0.29, 0.717) is 16.0 Å². The summed E-state index contributed by atoms with van der Waals surface area (Å²) >= 11 is 12.1. The van der Waals surface area contributed by atoms with Gasteiger partial charge < -0.3 is 10.2 Å². The Kier molecular flexibility index (Phi) is 4.95. The molecule has 5 heteroatoms. The average Bonchev–Trinajstić information content (AvgIpc) is 2.34. The lowest BCUT2D eigenvalue weighted by Gasteiger charge is -2.36. The van der Waals surface area contributed by atoms with Crippen LogP contribution in [0.1, 0.15) is 25.5 Å². The summed E-state index contributed by atoms with van der Waals surface area (Å²) in [4.78, 5) is 14.3. The van der Waals surface area contributed by atoms with Crippen molar-refractivity contribution in [3.8, 4) is 0 Å². The minimum absolute atomic E-state index is 0.0368. The van der Waals surface area contributed by atoms with E-state index < -0.39 is 0 Å². The van der Waals surface area contributed by atoms with Crippen molar-refractivity contribution >= 4 is 29.1 Å². The van der Waals surface area contributed by atoms with Crippen LogP contribution in [-0.2, 0) is 4.79 Å². The second-order valence-electron chi connectivity index (χ2n) is 5.50. The lowest BCUT2D eigenvalue weighted by atomic mass is 9.87. The number of hydrogen-bond acceptors (Lipinski definition) is 2. The van der Waals surface area contributed by atoms with E-state index in [4.69, 9.17) is 23.2 Å². The van der Waals surface area contributed by atoms with Gasteiger partial charge in [0.1, 0.15) is 0 Å². The first-order valence-corrected chi connectivity index (χ1v) is 7.59. The quantitative estimate of drug-likeness (QED) is 0.924. The molecular formula is C15H20Cl2N2O. The Bertz CT molecular complexity index is 503. The number of rotatable bonds is 4. The molecule has 2 atom stereocenters. The van der Waals surface area contributed by atoms with Gasteiger partial charge in [0.25, 0.3) is 0 Å². The number of hydrogen-bond donors (Lipinski definition) is 1. The molecule has 1 amide bonds. The Morgan fingerprint density at radius 3 is 2.50 bits per heavy atom. The van der Waals surface area contributed by atoms with E-state index in [1.807, 2.05) is 27.0 Å².